The predicted octanol–water partition coefficient (Wildman–Crippen LogP) is 3.44. The highest BCUT2D eigenvalue weighted by Crippen LogP contribution is 2.28. The minimum Gasteiger partial charge on any atom is -0.492 e. The fourth-order valence-electron chi connectivity index (χ4n) is 1.86. The number of carbonyl (C=O) groups excluding carboxylic acids is 1. The largest absolute Gasteiger partial charge is 0.492 e. The lowest BCUT2D eigenvalue weighted by Gasteiger charge is -2.15. The highest BCUT2D eigenvalue weighted by molar-refractivity contribution is 6.32. The van der Waals surface area contributed by atoms with Crippen molar-refractivity contribution >= 4 is 23.2 Å². The first-order chi connectivity index (χ1) is 9.62. The molecule has 0 saturated heterocycles. The number of nitrogens with one attached hydrogen (secondary N) is 1. The number of hydrogen-bond acceptors (Lipinski definition) is 3. The van der Waals surface area contributed by atoms with E-state index in [-0.39, 0.29) is 11.8 Å². The quantitative estimate of drug-likeness (QED) is 0.772. The maximum atomic E-state index is 12.0. The Morgan fingerprint density at radius 1 is 1.40 bits per heavy atom. The summed E-state index contributed by atoms with van der Waals surface area (Å²) in [6, 6.07) is 5.25. The molecular weight excluding hydrogens is 276 g/mol. The van der Waals surface area contributed by atoms with Crippen molar-refractivity contribution in [3.8, 4) is 5.75 Å². The molecule has 4 nitrogen and oxygen atoms in total. The normalized spacial score (nSPS) is 12.0. The molecule has 0 heterocycles. The second-order valence-electron chi connectivity index (χ2n) is 4.70. The van der Waals surface area contributed by atoms with Crippen LogP contribution in [0.4, 0.5) is 5.69 Å². The van der Waals surface area contributed by atoms with Gasteiger partial charge < -0.3 is 15.8 Å². The summed E-state index contributed by atoms with van der Waals surface area (Å²) < 4.78 is 5.49. The summed E-state index contributed by atoms with van der Waals surface area (Å²) in [4.78, 5) is 12.0. The van der Waals surface area contributed by atoms with Crippen LogP contribution in [-0.4, -0.2) is 19.1 Å². The Hall–Kier alpha value is -1.26. The first-order valence-corrected chi connectivity index (χ1v) is 7.43. The maximum Gasteiger partial charge on any atom is 0.228 e. The van der Waals surface area contributed by atoms with E-state index in [1.807, 2.05) is 13.8 Å². The Bertz CT molecular complexity index is 438. The van der Waals surface area contributed by atoms with Gasteiger partial charge in [-0.1, -0.05) is 31.9 Å². The van der Waals surface area contributed by atoms with Crippen LogP contribution in [0.5, 0.6) is 5.75 Å². The van der Waals surface area contributed by atoms with E-state index in [0.29, 0.717) is 29.6 Å². The zero-order chi connectivity index (χ0) is 15.0. The van der Waals surface area contributed by atoms with Crippen molar-refractivity contribution in [2.45, 2.75) is 33.1 Å². The Kier molecular flexibility index (Phi) is 7.41. The summed E-state index contributed by atoms with van der Waals surface area (Å²) in [7, 11) is 0. The summed E-state index contributed by atoms with van der Waals surface area (Å²) in [5, 5.41) is 3.34. The number of benzene rings is 1. The average Bonchev–Trinajstić information content (AvgIpc) is 2.43. The van der Waals surface area contributed by atoms with Crippen LogP contribution in [0.25, 0.3) is 0 Å². The molecule has 0 radical (unpaired) electrons. The van der Waals surface area contributed by atoms with E-state index >= 15 is 0 Å². The predicted molar refractivity (Wildman–Crippen MR) is 83.3 cm³/mol. The van der Waals surface area contributed by atoms with Gasteiger partial charge in [-0.2, -0.15) is 0 Å². The smallest absolute Gasteiger partial charge is 0.228 e. The van der Waals surface area contributed by atoms with Crippen molar-refractivity contribution in [1.29, 1.82) is 0 Å². The van der Waals surface area contributed by atoms with Crippen LogP contribution < -0.4 is 15.8 Å². The third-order valence-electron chi connectivity index (χ3n) is 2.95. The molecule has 3 N–H and O–H groups in total. The van der Waals surface area contributed by atoms with Crippen molar-refractivity contribution in [3.05, 3.63) is 23.2 Å². The second-order valence-corrected chi connectivity index (χ2v) is 5.11. The topological polar surface area (TPSA) is 64.3 Å². The van der Waals surface area contributed by atoms with Gasteiger partial charge in [-0.15, -0.1) is 0 Å². The van der Waals surface area contributed by atoms with Crippen LogP contribution in [0, 0.1) is 5.92 Å². The fraction of sp³-hybridized carbons (Fsp3) is 0.533. The van der Waals surface area contributed by atoms with Gasteiger partial charge >= 0.3 is 0 Å². The van der Waals surface area contributed by atoms with Crippen LogP contribution >= 0.6 is 11.6 Å². The number of hydrogen-bond donors (Lipinski definition) is 2. The van der Waals surface area contributed by atoms with Crippen molar-refractivity contribution < 1.29 is 9.53 Å². The lowest BCUT2D eigenvalue weighted by Crippen LogP contribution is -2.29. The standard InChI is InChI=1S/C15H23ClN2O2/c1-3-5-11(10-17)15(19)18-12-6-7-14(13(16)9-12)20-8-4-2/h6-7,9,11H,3-5,8,10,17H2,1-2H3,(H,18,19). The number of rotatable bonds is 8. The SMILES string of the molecule is CCCOc1ccc(NC(=O)C(CN)CCC)cc1Cl. The Morgan fingerprint density at radius 3 is 2.70 bits per heavy atom. The molecule has 20 heavy (non-hydrogen) atoms. The summed E-state index contributed by atoms with van der Waals surface area (Å²) in [5.41, 5.74) is 6.28. The molecule has 0 aliphatic heterocycles. The van der Waals surface area contributed by atoms with Crippen LogP contribution in [0.3, 0.4) is 0 Å². The minimum atomic E-state index is -0.158. The summed E-state index contributed by atoms with van der Waals surface area (Å²) in [6.07, 6.45) is 2.64. The van der Waals surface area contributed by atoms with Gasteiger partial charge in [0.05, 0.1) is 17.5 Å². The van der Waals surface area contributed by atoms with E-state index in [0.717, 1.165) is 19.3 Å². The number of carbonyl (C=O) groups is 1. The first-order valence-electron chi connectivity index (χ1n) is 7.05. The third-order valence-corrected chi connectivity index (χ3v) is 3.25. The molecule has 1 aromatic carbocycles. The van der Waals surface area contributed by atoms with Crippen molar-refractivity contribution in [1.82, 2.24) is 0 Å². The second kappa shape index (κ2) is 8.82. The van der Waals surface area contributed by atoms with Crippen molar-refractivity contribution in [2.24, 2.45) is 11.7 Å². The Balaban J connectivity index is 2.68. The van der Waals surface area contributed by atoms with E-state index in [2.05, 4.69) is 5.32 Å². The molecule has 0 spiro atoms. The number of halogens is 1. The lowest BCUT2D eigenvalue weighted by atomic mass is 10.0. The molecule has 0 aliphatic rings. The molecule has 0 fully saturated rings. The third kappa shape index (κ3) is 5.02. The fourth-order valence-corrected chi connectivity index (χ4v) is 2.09. The number of amides is 1. The van der Waals surface area contributed by atoms with E-state index in [1.54, 1.807) is 18.2 Å². The van der Waals surface area contributed by atoms with Gasteiger partial charge in [0.2, 0.25) is 5.91 Å². The van der Waals surface area contributed by atoms with E-state index in [9.17, 15) is 4.79 Å². The molecule has 112 valence electrons. The van der Waals surface area contributed by atoms with E-state index < -0.39 is 0 Å². The summed E-state index contributed by atoms with van der Waals surface area (Å²) >= 11 is 6.12. The summed E-state index contributed by atoms with van der Waals surface area (Å²) in [5.74, 6) is 0.415. The molecular formula is C15H23ClN2O2. The molecule has 1 rings (SSSR count). The maximum absolute atomic E-state index is 12.0. The molecule has 0 saturated carbocycles. The van der Waals surface area contributed by atoms with Crippen molar-refractivity contribution in [3.63, 3.8) is 0 Å². The van der Waals surface area contributed by atoms with Gasteiger partial charge in [0.1, 0.15) is 5.75 Å². The molecule has 0 aromatic heterocycles. The van der Waals surface area contributed by atoms with Crippen LogP contribution in [0.1, 0.15) is 33.1 Å². The molecule has 0 aliphatic carbocycles. The van der Waals surface area contributed by atoms with E-state index in [4.69, 9.17) is 22.1 Å². The average molecular weight is 299 g/mol. The Morgan fingerprint density at radius 2 is 2.15 bits per heavy atom. The lowest BCUT2D eigenvalue weighted by molar-refractivity contribution is -0.119. The van der Waals surface area contributed by atoms with Gasteiger partial charge in [-0.25, -0.2) is 0 Å². The molecule has 1 unspecified atom stereocenters. The van der Waals surface area contributed by atoms with Gasteiger partial charge in [0.15, 0.2) is 0 Å². The molecule has 1 amide bonds. The zero-order valence-corrected chi connectivity index (χ0v) is 12.9. The van der Waals surface area contributed by atoms with Gasteiger partial charge in [0.25, 0.3) is 0 Å². The Labute approximate surface area is 125 Å². The molecule has 0 bridgehead atoms. The number of anilines is 1. The monoisotopic (exact) mass is 298 g/mol. The van der Waals surface area contributed by atoms with Crippen LogP contribution in [0.15, 0.2) is 18.2 Å². The van der Waals surface area contributed by atoms with Crippen molar-refractivity contribution in [2.75, 3.05) is 18.5 Å². The molecule has 1 atom stereocenters. The number of nitrogens with two attached hydrogens (primary N) is 1. The molecule has 1 aromatic rings. The van der Waals surface area contributed by atoms with Gasteiger partial charge in [-0.05, 0) is 31.0 Å². The van der Waals surface area contributed by atoms with Gasteiger partial charge in [-0.3, -0.25) is 4.79 Å². The highest BCUT2D eigenvalue weighted by atomic mass is 35.5. The zero-order valence-electron chi connectivity index (χ0n) is 12.1. The molecule has 5 heteroatoms. The highest BCUT2D eigenvalue weighted by Gasteiger charge is 2.16. The number of ether oxygens (including phenoxy) is 1. The van der Waals surface area contributed by atoms with Gasteiger partial charge in [0, 0.05) is 12.2 Å². The minimum absolute atomic E-state index is 0.0624. The van der Waals surface area contributed by atoms with Crippen LogP contribution in [-0.2, 0) is 4.79 Å². The first kappa shape index (κ1) is 16.8. The van der Waals surface area contributed by atoms with Crippen LogP contribution in [0.2, 0.25) is 5.02 Å². The summed E-state index contributed by atoms with van der Waals surface area (Å²) in [6.45, 7) is 5.04. The van der Waals surface area contributed by atoms with E-state index in [1.165, 1.54) is 0 Å².